The molecule has 0 fully saturated rings. The van der Waals surface area contributed by atoms with E-state index in [1.165, 1.54) is 44.5 Å². The van der Waals surface area contributed by atoms with Gasteiger partial charge in [0.2, 0.25) is 0 Å². The lowest BCUT2D eigenvalue weighted by Gasteiger charge is -2.16. The van der Waals surface area contributed by atoms with E-state index < -0.39 is 0 Å². The smallest absolute Gasteiger partial charge is 0.0217 e. The Morgan fingerprint density at radius 2 is 0.750 bits per heavy atom. The fourth-order valence-corrected chi connectivity index (χ4v) is 5.03. The highest BCUT2D eigenvalue weighted by Crippen LogP contribution is 2.64. The summed E-state index contributed by atoms with van der Waals surface area (Å²) >= 11 is 0. The molecule has 0 amide bonds. The second-order valence-corrected chi connectivity index (χ2v) is 7.69. The topological polar surface area (TPSA) is 0 Å². The molecule has 6 rings (SSSR count). The van der Waals surface area contributed by atoms with Crippen molar-refractivity contribution in [3.05, 3.63) is 131 Å². The van der Waals surface area contributed by atoms with Crippen LogP contribution in [0.5, 0.6) is 0 Å². The minimum atomic E-state index is 0.401. The molecule has 4 aromatic carbocycles. The first-order valence-corrected chi connectivity index (χ1v) is 9.96. The molecule has 0 saturated carbocycles. The van der Waals surface area contributed by atoms with Crippen molar-refractivity contribution in [1.82, 2.24) is 0 Å². The minimum absolute atomic E-state index is 0.401. The molecule has 132 valence electrons. The monoisotopic (exact) mass is 356 g/mol. The van der Waals surface area contributed by atoms with Gasteiger partial charge in [-0.1, -0.05) is 109 Å². The Balaban J connectivity index is 1.54. The van der Waals surface area contributed by atoms with Crippen LogP contribution in [-0.4, -0.2) is 0 Å². The van der Waals surface area contributed by atoms with Gasteiger partial charge in [0.1, 0.15) is 0 Å². The molecule has 0 aliphatic heterocycles. The van der Waals surface area contributed by atoms with Crippen molar-refractivity contribution < 1.29 is 0 Å². The Morgan fingerprint density at radius 3 is 1.21 bits per heavy atom. The van der Waals surface area contributed by atoms with Crippen LogP contribution < -0.4 is 0 Å². The van der Waals surface area contributed by atoms with E-state index in [0.29, 0.717) is 11.8 Å². The lowest BCUT2D eigenvalue weighted by molar-refractivity contribution is 0.791. The highest BCUT2D eigenvalue weighted by Gasteiger charge is 2.47. The zero-order chi connectivity index (χ0) is 18.5. The molecule has 2 aliphatic rings. The van der Waals surface area contributed by atoms with Crippen molar-refractivity contribution >= 4 is 11.1 Å². The van der Waals surface area contributed by atoms with E-state index in [-0.39, 0.29) is 0 Å². The SMILES string of the molecule is c1ccc(C2=C(c3ccccc3)C2C2c3ccccc3-c3ccccc32)cc1. The van der Waals surface area contributed by atoms with Crippen molar-refractivity contribution in [1.29, 1.82) is 0 Å². The van der Waals surface area contributed by atoms with Crippen LogP contribution in [0, 0.1) is 5.92 Å². The van der Waals surface area contributed by atoms with Crippen LogP contribution >= 0.6 is 0 Å². The fourth-order valence-electron chi connectivity index (χ4n) is 5.03. The van der Waals surface area contributed by atoms with Gasteiger partial charge in [-0.2, -0.15) is 0 Å². The van der Waals surface area contributed by atoms with E-state index >= 15 is 0 Å². The summed E-state index contributed by atoms with van der Waals surface area (Å²) in [5.74, 6) is 0.840. The van der Waals surface area contributed by atoms with Crippen LogP contribution in [0.25, 0.3) is 22.3 Å². The third kappa shape index (κ3) is 2.25. The molecule has 0 bridgehead atoms. The van der Waals surface area contributed by atoms with E-state index in [0.717, 1.165) is 0 Å². The molecule has 0 N–H and O–H groups in total. The molecule has 0 aromatic heterocycles. The molecule has 0 radical (unpaired) electrons. The van der Waals surface area contributed by atoms with Gasteiger partial charge in [-0.3, -0.25) is 0 Å². The standard InChI is InChI=1S/C28H20/c1-3-11-19(12-4-1)25-26(20-13-5-2-6-14-20)28(25)27-23-17-9-7-15-21(23)22-16-8-10-18-24(22)27/h1-18,27-28H. The van der Waals surface area contributed by atoms with Gasteiger partial charge in [0.15, 0.2) is 0 Å². The first-order chi connectivity index (χ1) is 13.9. The molecule has 0 heteroatoms. The Morgan fingerprint density at radius 1 is 0.357 bits per heavy atom. The Kier molecular flexibility index (Phi) is 3.39. The van der Waals surface area contributed by atoms with Gasteiger partial charge in [0.25, 0.3) is 0 Å². The summed E-state index contributed by atoms with van der Waals surface area (Å²) in [5.41, 5.74) is 11.4. The maximum atomic E-state index is 2.32. The summed E-state index contributed by atoms with van der Waals surface area (Å²) in [7, 11) is 0. The van der Waals surface area contributed by atoms with Gasteiger partial charge < -0.3 is 0 Å². The number of allylic oxidation sites excluding steroid dienone is 2. The van der Waals surface area contributed by atoms with Crippen molar-refractivity contribution in [2.45, 2.75) is 5.92 Å². The third-order valence-electron chi connectivity index (χ3n) is 6.21. The summed E-state index contributed by atoms with van der Waals surface area (Å²) in [6.07, 6.45) is 0. The Labute approximate surface area is 165 Å². The minimum Gasteiger partial charge on any atom is -0.0622 e. The van der Waals surface area contributed by atoms with Gasteiger partial charge in [-0.15, -0.1) is 0 Å². The first-order valence-electron chi connectivity index (χ1n) is 9.96. The van der Waals surface area contributed by atoms with E-state index in [1.54, 1.807) is 0 Å². The third-order valence-corrected chi connectivity index (χ3v) is 6.21. The second kappa shape index (κ2) is 6.07. The number of fused-ring (bicyclic) bond motifs is 3. The van der Waals surface area contributed by atoms with Gasteiger partial charge in [0.05, 0.1) is 0 Å². The molecule has 0 spiro atoms. The summed E-state index contributed by atoms with van der Waals surface area (Å²) < 4.78 is 0. The lowest BCUT2D eigenvalue weighted by Crippen LogP contribution is -2.03. The number of hydrogen-bond donors (Lipinski definition) is 0. The van der Waals surface area contributed by atoms with Crippen molar-refractivity contribution in [2.24, 2.45) is 5.92 Å². The van der Waals surface area contributed by atoms with E-state index in [2.05, 4.69) is 109 Å². The lowest BCUT2D eigenvalue weighted by atomic mass is 9.86. The molecule has 0 unspecified atom stereocenters. The molecule has 2 aliphatic carbocycles. The molecule has 0 saturated heterocycles. The van der Waals surface area contributed by atoms with Crippen LogP contribution in [0.15, 0.2) is 109 Å². The van der Waals surface area contributed by atoms with Gasteiger partial charge >= 0.3 is 0 Å². The van der Waals surface area contributed by atoms with E-state index in [4.69, 9.17) is 0 Å². The normalized spacial score (nSPS) is 15.4. The second-order valence-electron chi connectivity index (χ2n) is 7.69. The molecule has 0 heterocycles. The quantitative estimate of drug-likeness (QED) is 0.369. The molecule has 0 atom stereocenters. The van der Waals surface area contributed by atoms with E-state index in [9.17, 15) is 0 Å². The average molecular weight is 356 g/mol. The molecule has 0 nitrogen and oxygen atoms in total. The molecular formula is C28H20. The van der Waals surface area contributed by atoms with Crippen LogP contribution in [0.3, 0.4) is 0 Å². The van der Waals surface area contributed by atoms with Crippen molar-refractivity contribution in [2.75, 3.05) is 0 Å². The molecular weight excluding hydrogens is 336 g/mol. The molecule has 28 heavy (non-hydrogen) atoms. The van der Waals surface area contributed by atoms with Gasteiger partial charge in [-0.05, 0) is 44.5 Å². The largest absolute Gasteiger partial charge is 0.0622 e. The van der Waals surface area contributed by atoms with Crippen molar-refractivity contribution in [3.8, 4) is 11.1 Å². The summed E-state index contributed by atoms with van der Waals surface area (Å²) in [6, 6.07) is 39.7. The first kappa shape index (κ1) is 15.7. The molecule has 4 aromatic rings. The predicted octanol–water partition coefficient (Wildman–Crippen LogP) is 7.04. The van der Waals surface area contributed by atoms with Gasteiger partial charge in [-0.25, -0.2) is 0 Å². The maximum Gasteiger partial charge on any atom is 0.0217 e. The maximum absolute atomic E-state index is 2.32. The fraction of sp³-hybridized carbons (Fsp3) is 0.0714. The predicted molar refractivity (Wildman–Crippen MR) is 117 cm³/mol. The number of benzene rings is 4. The van der Waals surface area contributed by atoms with Crippen LogP contribution in [-0.2, 0) is 0 Å². The summed E-state index contributed by atoms with van der Waals surface area (Å²) in [6.45, 7) is 0. The summed E-state index contributed by atoms with van der Waals surface area (Å²) in [4.78, 5) is 0. The highest BCUT2D eigenvalue weighted by molar-refractivity contribution is 6.12. The van der Waals surface area contributed by atoms with Crippen LogP contribution in [0.4, 0.5) is 0 Å². The zero-order valence-electron chi connectivity index (χ0n) is 15.5. The Hall–Kier alpha value is -3.38. The average Bonchev–Trinajstić information content (AvgIpc) is 3.42. The number of rotatable bonds is 3. The van der Waals surface area contributed by atoms with Gasteiger partial charge in [0, 0.05) is 11.8 Å². The Bertz CT molecular complexity index is 1100. The van der Waals surface area contributed by atoms with Crippen LogP contribution in [0.1, 0.15) is 28.2 Å². The van der Waals surface area contributed by atoms with E-state index in [1.807, 2.05) is 0 Å². The van der Waals surface area contributed by atoms with Crippen LogP contribution in [0.2, 0.25) is 0 Å². The number of hydrogen-bond acceptors (Lipinski definition) is 0. The zero-order valence-corrected chi connectivity index (χ0v) is 15.5. The summed E-state index contributed by atoms with van der Waals surface area (Å²) in [5, 5.41) is 0. The highest BCUT2D eigenvalue weighted by atomic mass is 14.5. The van der Waals surface area contributed by atoms with Crippen molar-refractivity contribution in [3.63, 3.8) is 0 Å².